The SMILES string of the molecule is Cc1nc(N[C@@H](C)c2cc3cc(Cl)ccc3[nH]c2=O)nc(N2C(=O)OCC2(C)C)n1. The summed E-state index contributed by atoms with van der Waals surface area (Å²) < 4.78 is 5.14. The number of rotatable bonds is 4. The van der Waals surface area contributed by atoms with Crippen LogP contribution in [0.2, 0.25) is 5.02 Å². The van der Waals surface area contributed by atoms with E-state index in [1.807, 2.05) is 20.8 Å². The summed E-state index contributed by atoms with van der Waals surface area (Å²) in [6.07, 6.45) is -0.507. The van der Waals surface area contributed by atoms with E-state index in [9.17, 15) is 9.59 Å². The molecule has 4 rings (SSSR count). The highest BCUT2D eigenvalue weighted by Gasteiger charge is 2.43. The van der Waals surface area contributed by atoms with Gasteiger partial charge in [0.25, 0.3) is 5.56 Å². The monoisotopic (exact) mass is 428 g/mol. The molecule has 9 nitrogen and oxygen atoms in total. The lowest BCUT2D eigenvalue weighted by Crippen LogP contribution is -2.43. The van der Waals surface area contributed by atoms with Gasteiger partial charge >= 0.3 is 6.09 Å². The number of H-pyrrole nitrogens is 1. The van der Waals surface area contributed by atoms with Crippen molar-refractivity contribution in [1.82, 2.24) is 19.9 Å². The van der Waals surface area contributed by atoms with Gasteiger partial charge in [-0.2, -0.15) is 15.0 Å². The third-order valence-electron chi connectivity index (χ3n) is 4.92. The van der Waals surface area contributed by atoms with E-state index in [1.54, 1.807) is 31.2 Å². The van der Waals surface area contributed by atoms with Crippen molar-refractivity contribution in [3.8, 4) is 0 Å². The van der Waals surface area contributed by atoms with Crippen LogP contribution in [0.25, 0.3) is 10.9 Å². The minimum absolute atomic E-state index is 0.198. The molecule has 0 unspecified atom stereocenters. The van der Waals surface area contributed by atoms with Crippen molar-refractivity contribution in [2.24, 2.45) is 0 Å². The van der Waals surface area contributed by atoms with Gasteiger partial charge in [-0.3, -0.25) is 4.79 Å². The summed E-state index contributed by atoms with van der Waals surface area (Å²) in [6, 6.07) is 6.65. The molecule has 1 aliphatic heterocycles. The first-order valence-corrected chi connectivity index (χ1v) is 9.80. The Morgan fingerprint density at radius 1 is 1.23 bits per heavy atom. The molecular weight excluding hydrogens is 408 g/mol. The number of cyclic esters (lactones) is 1. The van der Waals surface area contributed by atoms with Crippen molar-refractivity contribution in [1.29, 1.82) is 0 Å². The number of carbonyl (C=O) groups is 1. The minimum Gasteiger partial charge on any atom is -0.447 e. The fourth-order valence-electron chi connectivity index (χ4n) is 3.39. The van der Waals surface area contributed by atoms with Gasteiger partial charge in [0, 0.05) is 21.5 Å². The second-order valence-electron chi connectivity index (χ2n) is 7.86. The largest absolute Gasteiger partial charge is 0.447 e. The third kappa shape index (κ3) is 3.68. The maximum absolute atomic E-state index is 12.6. The highest BCUT2D eigenvalue weighted by Crippen LogP contribution is 2.29. The van der Waals surface area contributed by atoms with Crippen LogP contribution >= 0.6 is 11.6 Å². The van der Waals surface area contributed by atoms with Gasteiger partial charge < -0.3 is 15.0 Å². The van der Waals surface area contributed by atoms with E-state index < -0.39 is 17.7 Å². The number of nitrogens with one attached hydrogen (secondary N) is 2. The molecule has 3 heterocycles. The molecule has 0 saturated carbocycles. The van der Waals surface area contributed by atoms with Crippen LogP contribution in [0.3, 0.4) is 0 Å². The molecule has 0 bridgehead atoms. The molecule has 1 saturated heterocycles. The molecule has 2 N–H and O–H groups in total. The average Bonchev–Trinajstić information content (AvgIpc) is 2.93. The number of benzene rings is 1. The Morgan fingerprint density at radius 3 is 2.70 bits per heavy atom. The maximum Gasteiger partial charge on any atom is 0.417 e. The third-order valence-corrected chi connectivity index (χ3v) is 5.15. The molecule has 3 aromatic rings. The van der Waals surface area contributed by atoms with Crippen molar-refractivity contribution in [2.75, 3.05) is 16.8 Å². The van der Waals surface area contributed by atoms with Gasteiger partial charge in [-0.1, -0.05) is 11.6 Å². The van der Waals surface area contributed by atoms with Gasteiger partial charge in [-0.15, -0.1) is 0 Å². The van der Waals surface area contributed by atoms with Gasteiger partial charge in [0.2, 0.25) is 11.9 Å². The predicted octanol–water partition coefficient (Wildman–Crippen LogP) is 3.58. The Balaban J connectivity index is 1.67. The minimum atomic E-state index is -0.581. The summed E-state index contributed by atoms with van der Waals surface area (Å²) in [6.45, 7) is 7.51. The van der Waals surface area contributed by atoms with Gasteiger partial charge in [-0.05, 0) is 52.0 Å². The lowest BCUT2D eigenvalue weighted by Gasteiger charge is -2.26. The molecule has 156 valence electrons. The molecule has 0 radical (unpaired) electrons. The van der Waals surface area contributed by atoms with Crippen molar-refractivity contribution >= 4 is 40.5 Å². The summed E-state index contributed by atoms with van der Waals surface area (Å²) in [7, 11) is 0. The van der Waals surface area contributed by atoms with Crippen LogP contribution in [-0.4, -0.2) is 38.2 Å². The molecule has 10 heteroatoms. The van der Waals surface area contributed by atoms with E-state index in [4.69, 9.17) is 16.3 Å². The van der Waals surface area contributed by atoms with Gasteiger partial charge in [0.15, 0.2) is 0 Å². The van der Waals surface area contributed by atoms with Crippen molar-refractivity contribution in [2.45, 2.75) is 39.3 Å². The van der Waals surface area contributed by atoms with Crippen LogP contribution in [-0.2, 0) is 4.74 Å². The molecule has 30 heavy (non-hydrogen) atoms. The number of anilines is 2. The topological polar surface area (TPSA) is 113 Å². The lowest BCUT2D eigenvalue weighted by atomic mass is 10.1. The quantitative estimate of drug-likeness (QED) is 0.652. The fourth-order valence-corrected chi connectivity index (χ4v) is 3.57. The van der Waals surface area contributed by atoms with Crippen LogP contribution in [0, 0.1) is 6.92 Å². The Bertz CT molecular complexity index is 1210. The standard InChI is InChI=1S/C20H21ClN6O3/c1-10(14-8-12-7-13(21)5-6-15(12)25-16(14)28)22-17-23-11(2)24-18(26-17)27-19(29)30-9-20(27,3)4/h5-8,10H,9H2,1-4H3,(H,25,28)(H,22,23,24,26)/t10-/m0/s1. The number of halogens is 1. The second kappa shape index (κ2) is 7.24. The van der Waals surface area contributed by atoms with Crippen LogP contribution in [0.5, 0.6) is 0 Å². The van der Waals surface area contributed by atoms with E-state index in [1.165, 1.54) is 4.90 Å². The molecule has 0 spiro atoms. The first kappa shape index (κ1) is 20.1. The van der Waals surface area contributed by atoms with Gasteiger partial charge in [-0.25, -0.2) is 9.69 Å². The van der Waals surface area contributed by atoms with Gasteiger partial charge in [0.05, 0.1) is 11.6 Å². The van der Waals surface area contributed by atoms with E-state index in [2.05, 4.69) is 25.3 Å². The molecule has 1 aromatic carbocycles. The highest BCUT2D eigenvalue weighted by atomic mass is 35.5. The number of aromatic nitrogens is 4. The number of nitrogens with zero attached hydrogens (tertiary/aromatic N) is 4. The normalized spacial score (nSPS) is 16.6. The molecule has 1 fully saturated rings. The van der Waals surface area contributed by atoms with Crippen LogP contribution < -0.4 is 15.8 Å². The van der Waals surface area contributed by atoms with Crippen molar-refractivity contribution in [3.05, 3.63) is 51.0 Å². The highest BCUT2D eigenvalue weighted by molar-refractivity contribution is 6.31. The molecular formula is C20H21ClN6O3. The number of hydrogen-bond donors (Lipinski definition) is 2. The number of fused-ring (bicyclic) bond motifs is 1. The maximum atomic E-state index is 12.6. The Labute approximate surface area is 177 Å². The number of carbonyl (C=O) groups excluding carboxylic acids is 1. The fraction of sp³-hybridized carbons (Fsp3) is 0.350. The number of hydrogen-bond acceptors (Lipinski definition) is 7. The Hall–Kier alpha value is -3.20. The number of aryl methyl sites for hydroxylation is 1. The zero-order chi connectivity index (χ0) is 21.6. The Kier molecular flexibility index (Phi) is 4.85. The van der Waals surface area contributed by atoms with Gasteiger partial charge in [0.1, 0.15) is 12.4 Å². The predicted molar refractivity (Wildman–Crippen MR) is 114 cm³/mol. The van der Waals surface area contributed by atoms with Crippen molar-refractivity contribution in [3.63, 3.8) is 0 Å². The number of amides is 1. The summed E-state index contributed by atoms with van der Waals surface area (Å²) >= 11 is 6.08. The Morgan fingerprint density at radius 2 is 2.00 bits per heavy atom. The molecule has 1 atom stereocenters. The molecule has 1 aliphatic rings. The summed E-state index contributed by atoms with van der Waals surface area (Å²) in [5.41, 5.74) is 0.404. The van der Waals surface area contributed by atoms with E-state index in [-0.39, 0.29) is 24.1 Å². The van der Waals surface area contributed by atoms with Crippen LogP contribution in [0.4, 0.5) is 16.7 Å². The number of pyridine rings is 1. The first-order valence-electron chi connectivity index (χ1n) is 9.43. The van der Waals surface area contributed by atoms with Crippen LogP contribution in [0.15, 0.2) is 29.1 Å². The molecule has 2 aromatic heterocycles. The zero-order valence-corrected chi connectivity index (χ0v) is 17.7. The second-order valence-corrected chi connectivity index (χ2v) is 8.30. The smallest absolute Gasteiger partial charge is 0.417 e. The lowest BCUT2D eigenvalue weighted by molar-refractivity contribution is 0.175. The van der Waals surface area contributed by atoms with E-state index >= 15 is 0 Å². The first-order chi connectivity index (χ1) is 14.1. The number of ether oxygens (including phenoxy) is 1. The molecule has 0 aliphatic carbocycles. The van der Waals surface area contributed by atoms with E-state index in [0.717, 1.165) is 5.39 Å². The zero-order valence-electron chi connectivity index (χ0n) is 17.0. The summed E-state index contributed by atoms with van der Waals surface area (Å²) in [5, 5.41) is 4.53. The van der Waals surface area contributed by atoms with Crippen molar-refractivity contribution < 1.29 is 9.53 Å². The summed E-state index contributed by atoms with van der Waals surface area (Å²) in [5.74, 6) is 0.888. The summed E-state index contributed by atoms with van der Waals surface area (Å²) in [4.78, 5) is 42.0. The van der Waals surface area contributed by atoms with Crippen LogP contribution in [0.1, 0.15) is 38.2 Å². The molecule has 1 amide bonds. The average molecular weight is 429 g/mol. The number of aromatic amines is 1. The van der Waals surface area contributed by atoms with E-state index in [0.29, 0.717) is 21.9 Å².